The molecule has 3 rings (SSSR count). The molecule has 1 aromatic rings. The summed E-state index contributed by atoms with van der Waals surface area (Å²) in [6, 6.07) is 3.29. The normalized spacial score (nSPS) is 21.2. The van der Waals surface area contributed by atoms with E-state index in [-0.39, 0.29) is 11.8 Å². The van der Waals surface area contributed by atoms with E-state index in [1.807, 2.05) is 9.80 Å². The molecule has 7 heteroatoms. The summed E-state index contributed by atoms with van der Waals surface area (Å²) in [6.07, 6.45) is 3.38. The Bertz CT molecular complexity index is 594. The van der Waals surface area contributed by atoms with E-state index < -0.39 is 0 Å². The molecule has 0 unspecified atom stereocenters. The molecular weight excluding hydrogens is 324 g/mol. The summed E-state index contributed by atoms with van der Waals surface area (Å²) >= 11 is 0. The van der Waals surface area contributed by atoms with Crippen molar-refractivity contribution < 1.29 is 23.5 Å². The fourth-order valence-corrected chi connectivity index (χ4v) is 3.48. The van der Waals surface area contributed by atoms with E-state index in [4.69, 9.17) is 13.9 Å². The molecule has 0 spiro atoms. The number of morpholine rings is 1. The standard InChI is InChI=1S/C18H26N2O5/c1-23-17-7-5-15(25-17)18(22)20-8-2-3-14(13-20)4-6-16(21)19-9-11-24-12-10-19/h5,7,14H,2-4,6,8-13H2,1H3/t14-/m1/s1. The van der Waals surface area contributed by atoms with Crippen LogP contribution >= 0.6 is 0 Å². The minimum Gasteiger partial charge on any atom is -0.468 e. The van der Waals surface area contributed by atoms with Crippen LogP contribution in [0.3, 0.4) is 0 Å². The highest BCUT2D eigenvalue weighted by atomic mass is 16.6. The molecular formula is C18H26N2O5. The predicted octanol–water partition coefficient (Wildman–Crippen LogP) is 1.78. The van der Waals surface area contributed by atoms with Gasteiger partial charge in [0.25, 0.3) is 11.9 Å². The second-order valence-corrected chi connectivity index (χ2v) is 6.61. The number of methoxy groups -OCH3 is 1. The lowest BCUT2D eigenvalue weighted by atomic mass is 9.93. The van der Waals surface area contributed by atoms with Crippen LogP contribution in [0.25, 0.3) is 0 Å². The van der Waals surface area contributed by atoms with Crippen LogP contribution in [-0.2, 0) is 9.53 Å². The average molecular weight is 350 g/mol. The molecule has 0 aliphatic carbocycles. The lowest BCUT2D eigenvalue weighted by molar-refractivity contribution is -0.135. The van der Waals surface area contributed by atoms with Crippen LogP contribution in [0.4, 0.5) is 0 Å². The van der Waals surface area contributed by atoms with Crippen molar-refractivity contribution in [1.29, 1.82) is 0 Å². The summed E-state index contributed by atoms with van der Waals surface area (Å²) in [5, 5.41) is 0. The van der Waals surface area contributed by atoms with Crippen molar-refractivity contribution in [2.24, 2.45) is 5.92 Å². The van der Waals surface area contributed by atoms with Gasteiger partial charge in [0, 0.05) is 38.7 Å². The molecule has 2 fully saturated rings. The van der Waals surface area contributed by atoms with E-state index in [9.17, 15) is 9.59 Å². The van der Waals surface area contributed by atoms with Gasteiger partial charge in [0.1, 0.15) is 0 Å². The molecule has 7 nitrogen and oxygen atoms in total. The molecule has 2 aliphatic heterocycles. The van der Waals surface area contributed by atoms with Crippen LogP contribution in [-0.4, -0.2) is 68.1 Å². The molecule has 0 radical (unpaired) electrons. The molecule has 0 N–H and O–H groups in total. The van der Waals surface area contributed by atoms with Gasteiger partial charge in [-0.25, -0.2) is 0 Å². The average Bonchev–Trinajstić information content (AvgIpc) is 3.15. The van der Waals surface area contributed by atoms with Gasteiger partial charge in [0.2, 0.25) is 5.91 Å². The van der Waals surface area contributed by atoms with Crippen molar-refractivity contribution in [1.82, 2.24) is 9.80 Å². The molecule has 0 bridgehead atoms. The molecule has 1 atom stereocenters. The number of amides is 2. The molecule has 25 heavy (non-hydrogen) atoms. The summed E-state index contributed by atoms with van der Waals surface area (Å²) in [5.41, 5.74) is 0. The van der Waals surface area contributed by atoms with Gasteiger partial charge in [-0.2, -0.15) is 0 Å². The Hall–Kier alpha value is -2.02. The van der Waals surface area contributed by atoms with Crippen LogP contribution in [0, 0.1) is 5.92 Å². The Balaban J connectivity index is 1.48. The number of ether oxygens (including phenoxy) is 2. The van der Waals surface area contributed by atoms with Gasteiger partial charge in [-0.15, -0.1) is 0 Å². The van der Waals surface area contributed by atoms with Gasteiger partial charge in [-0.05, 0) is 31.2 Å². The number of furan rings is 1. The number of likely N-dealkylation sites (tertiary alicyclic amines) is 1. The van der Waals surface area contributed by atoms with Gasteiger partial charge in [-0.1, -0.05) is 0 Å². The molecule has 3 heterocycles. The van der Waals surface area contributed by atoms with E-state index in [0.717, 1.165) is 25.8 Å². The van der Waals surface area contributed by atoms with Crippen molar-refractivity contribution in [3.63, 3.8) is 0 Å². The highest BCUT2D eigenvalue weighted by molar-refractivity contribution is 5.91. The Kier molecular flexibility index (Phi) is 5.96. The third kappa shape index (κ3) is 4.54. The molecule has 2 aliphatic rings. The fraction of sp³-hybridized carbons (Fsp3) is 0.667. The summed E-state index contributed by atoms with van der Waals surface area (Å²) in [7, 11) is 1.51. The Morgan fingerprint density at radius 2 is 2.00 bits per heavy atom. The number of carbonyl (C=O) groups excluding carboxylic acids is 2. The maximum Gasteiger partial charge on any atom is 0.289 e. The predicted molar refractivity (Wildman–Crippen MR) is 90.5 cm³/mol. The number of hydrogen-bond donors (Lipinski definition) is 0. The van der Waals surface area contributed by atoms with Crippen molar-refractivity contribution in [3.05, 3.63) is 17.9 Å². The SMILES string of the molecule is COc1ccc(C(=O)N2CCC[C@H](CCC(=O)N3CCOCC3)C2)o1. The Morgan fingerprint density at radius 1 is 1.20 bits per heavy atom. The minimum atomic E-state index is -0.104. The second kappa shape index (κ2) is 8.38. The number of nitrogens with zero attached hydrogens (tertiary/aromatic N) is 2. The van der Waals surface area contributed by atoms with Crippen LogP contribution in [0.15, 0.2) is 16.5 Å². The number of hydrogen-bond acceptors (Lipinski definition) is 5. The molecule has 2 saturated heterocycles. The highest BCUT2D eigenvalue weighted by Crippen LogP contribution is 2.24. The summed E-state index contributed by atoms with van der Waals surface area (Å²) in [4.78, 5) is 28.5. The monoisotopic (exact) mass is 350 g/mol. The van der Waals surface area contributed by atoms with Crippen molar-refractivity contribution >= 4 is 11.8 Å². The Morgan fingerprint density at radius 3 is 2.72 bits per heavy atom. The van der Waals surface area contributed by atoms with E-state index in [1.165, 1.54) is 7.11 Å². The van der Waals surface area contributed by atoms with Gasteiger partial charge in [-0.3, -0.25) is 9.59 Å². The maximum absolute atomic E-state index is 12.5. The molecule has 138 valence electrons. The van der Waals surface area contributed by atoms with Crippen molar-refractivity contribution in [2.75, 3.05) is 46.5 Å². The van der Waals surface area contributed by atoms with E-state index >= 15 is 0 Å². The van der Waals surface area contributed by atoms with Crippen LogP contribution in [0.2, 0.25) is 0 Å². The fourth-order valence-electron chi connectivity index (χ4n) is 3.48. The van der Waals surface area contributed by atoms with E-state index in [0.29, 0.717) is 56.9 Å². The van der Waals surface area contributed by atoms with Gasteiger partial charge >= 0.3 is 0 Å². The summed E-state index contributed by atoms with van der Waals surface area (Å²) < 4.78 is 15.6. The first-order valence-corrected chi connectivity index (χ1v) is 8.96. The third-order valence-corrected chi connectivity index (χ3v) is 4.93. The van der Waals surface area contributed by atoms with Gasteiger partial charge in [0.05, 0.1) is 20.3 Å². The minimum absolute atomic E-state index is 0.104. The van der Waals surface area contributed by atoms with Gasteiger partial charge in [0.15, 0.2) is 5.76 Å². The van der Waals surface area contributed by atoms with Crippen LogP contribution < -0.4 is 4.74 Å². The topological polar surface area (TPSA) is 72.2 Å². The molecule has 2 amide bonds. The lowest BCUT2D eigenvalue weighted by Crippen LogP contribution is -2.42. The summed E-state index contributed by atoms with van der Waals surface area (Å²) in [6.45, 7) is 4.05. The van der Waals surface area contributed by atoms with Gasteiger partial charge < -0.3 is 23.7 Å². The summed E-state index contributed by atoms with van der Waals surface area (Å²) in [5.74, 6) is 1.10. The Labute approximate surface area is 147 Å². The number of piperidine rings is 1. The smallest absolute Gasteiger partial charge is 0.289 e. The zero-order valence-electron chi connectivity index (χ0n) is 14.7. The zero-order valence-corrected chi connectivity index (χ0v) is 14.7. The first-order chi connectivity index (χ1) is 12.2. The molecule has 1 aromatic heterocycles. The van der Waals surface area contributed by atoms with Crippen LogP contribution in [0.1, 0.15) is 36.2 Å². The largest absolute Gasteiger partial charge is 0.468 e. The first kappa shape index (κ1) is 17.8. The third-order valence-electron chi connectivity index (χ3n) is 4.93. The van der Waals surface area contributed by atoms with Crippen LogP contribution in [0.5, 0.6) is 5.95 Å². The highest BCUT2D eigenvalue weighted by Gasteiger charge is 2.27. The maximum atomic E-state index is 12.5. The van der Waals surface area contributed by atoms with Crippen molar-refractivity contribution in [3.8, 4) is 5.95 Å². The lowest BCUT2D eigenvalue weighted by Gasteiger charge is -2.33. The zero-order chi connectivity index (χ0) is 17.6. The molecule has 0 saturated carbocycles. The quantitative estimate of drug-likeness (QED) is 0.809. The number of carbonyl (C=O) groups is 2. The first-order valence-electron chi connectivity index (χ1n) is 8.96. The number of rotatable bonds is 5. The van der Waals surface area contributed by atoms with E-state index in [2.05, 4.69) is 0 Å². The molecule has 0 aromatic carbocycles. The van der Waals surface area contributed by atoms with Crippen molar-refractivity contribution in [2.45, 2.75) is 25.7 Å². The second-order valence-electron chi connectivity index (χ2n) is 6.61. The van der Waals surface area contributed by atoms with E-state index in [1.54, 1.807) is 12.1 Å².